The predicted octanol–water partition coefficient (Wildman–Crippen LogP) is 2.30. The summed E-state index contributed by atoms with van der Waals surface area (Å²) >= 11 is 1.69. The number of pyridine rings is 1. The summed E-state index contributed by atoms with van der Waals surface area (Å²) in [6, 6.07) is 4.16. The Bertz CT molecular complexity index is 301. The Morgan fingerprint density at radius 1 is 1.41 bits per heavy atom. The Labute approximate surface area is 108 Å². The minimum absolute atomic E-state index is 0.254. The summed E-state index contributed by atoms with van der Waals surface area (Å²) in [5.74, 6) is 1.60. The first-order valence-electron chi connectivity index (χ1n) is 6.11. The highest BCUT2D eigenvalue weighted by molar-refractivity contribution is 7.99. The van der Waals surface area contributed by atoms with E-state index in [4.69, 9.17) is 5.11 Å². The van der Waals surface area contributed by atoms with Crippen molar-refractivity contribution in [3.8, 4) is 0 Å². The predicted molar refractivity (Wildman–Crippen MR) is 73.2 cm³/mol. The van der Waals surface area contributed by atoms with Gasteiger partial charge < -0.3 is 10.4 Å². The first-order chi connectivity index (χ1) is 8.22. The summed E-state index contributed by atoms with van der Waals surface area (Å²) in [6.45, 7) is 6.57. The third-order valence-electron chi connectivity index (χ3n) is 2.23. The van der Waals surface area contributed by atoms with E-state index < -0.39 is 0 Å². The fourth-order valence-electron chi connectivity index (χ4n) is 1.35. The molecule has 0 aliphatic heterocycles. The van der Waals surface area contributed by atoms with Crippen molar-refractivity contribution in [2.45, 2.75) is 31.8 Å². The number of aliphatic hydroxyl groups excluding tert-OH is 1. The van der Waals surface area contributed by atoms with Crippen LogP contribution in [-0.4, -0.2) is 29.0 Å². The van der Waals surface area contributed by atoms with Crippen LogP contribution in [0.15, 0.2) is 23.4 Å². The molecule has 4 heteroatoms. The Kier molecular flexibility index (Phi) is 7.24. The van der Waals surface area contributed by atoms with Gasteiger partial charge in [-0.25, -0.2) is 4.98 Å². The highest BCUT2D eigenvalue weighted by atomic mass is 32.2. The largest absolute Gasteiger partial charge is 0.396 e. The van der Waals surface area contributed by atoms with Crippen LogP contribution < -0.4 is 5.32 Å². The van der Waals surface area contributed by atoms with E-state index >= 15 is 0 Å². The molecule has 2 N–H and O–H groups in total. The fourth-order valence-corrected chi connectivity index (χ4v) is 2.12. The van der Waals surface area contributed by atoms with Crippen molar-refractivity contribution in [1.82, 2.24) is 10.3 Å². The molecule has 0 amide bonds. The van der Waals surface area contributed by atoms with E-state index in [1.165, 1.54) is 5.56 Å². The van der Waals surface area contributed by atoms with Gasteiger partial charge in [0.25, 0.3) is 0 Å². The zero-order valence-corrected chi connectivity index (χ0v) is 11.5. The van der Waals surface area contributed by atoms with Crippen molar-refractivity contribution in [3.63, 3.8) is 0 Å². The van der Waals surface area contributed by atoms with Crippen LogP contribution in [0.25, 0.3) is 0 Å². The molecule has 0 bridgehead atoms. The second-order valence-corrected chi connectivity index (χ2v) is 5.57. The SMILES string of the molecule is CC(C)CNCc1ccc(SCCCO)nc1. The topological polar surface area (TPSA) is 45.1 Å². The maximum absolute atomic E-state index is 8.69. The number of aliphatic hydroxyl groups is 1. The molecule has 1 rings (SSSR count). The molecule has 1 aromatic heterocycles. The van der Waals surface area contributed by atoms with Gasteiger partial charge in [0.2, 0.25) is 0 Å². The van der Waals surface area contributed by atoms with Gasteiger partial charge in [-0.2, -0.15) is 0 Å². The van der Waals surface area contributed by atoms with Crippen LogP contribution in [0.4, 0.5) is 0 Å². The lowest BCUT2D eigenvalue weighted by molar-refractivity contribution is 0.296. The van der Waals surface area contributed by atoms with Crippen LogP contribution in [-0.2, 0) is 6.54 Å². The van der Waals surface area contributed by atoms with Gasteiger partial charge in [0.1, 0.15) is 0 Å². The lowest BCUT2D eigenvalue weighted by atomic mass is 10.2. The molecule has 0 unspecified atom stereocenters. The van der Waals surface area contributed by atoms with Crippen molar-refractivity contribution < 1.29 is 5.11 Å². The van der Waals surface area contributed by atoms with Gasteiger partial charge in [-0.3, -0.25) is 0 Å². The number of thioether (sulfide) groups is 1. The maximum atomic E-state index is 8.69. The summed E-state index contributed by atoms with van der Waals surface area (Å²) < 4.78 is 0. The van der Waals surface area contributed by atoms with E-state index in [1.807, 2.05) is 6.20 Å². The zero-order chi connectivity index (χ0) is 12.5. The summed E-state index contributed by atoms with van der Waals surface area (Å²) in [5.41, 5.74) is 1.22. The Hall–Kier alpha value is -0.580. The van der Waals surface area contributed by atoms with Crippen LogP contribution in [0.3, 0.4) is 0 Å². The molecular formula is C13H22N2OS. The number of hydrogen-bond donors (Lipinski definition) is 2. The normalized spacial score (nSPS) is 11.1. The van der Waals surface area contributed by atoms with E-state index in [2.05, 4.69) is 36.3 Å². The molecular weight excluding hydrogens is 232 g/mol. The van der Waals surface area contributed by atoms with Gasteiger partial charge in [-0.15, -0.1) is 11.8 Å². The average Bonchev–Trinajstić information content (AvgIpc) is 2.31. The summed E-state index contributed by atoms with van der Waals surface area (Å²) in [4.78, 5) is 4.39. The van der Waals surface area contributed by atoms with Crippen LogP contribution in [0, 0.1) is 5.92 Å². The zero-order valence-electron chi connectivity index (χ0n) is 10.6. The molecule has 0 atom stereocenters. The molecule has 0 aliphatic rings. The number of hydrogen-bond acceptors (Lipinski definition) is 4. The maximum Gasteiger partial charge on any atom is 0.0960 e. The molecule has 1 heterocycles. The monoisotopic (exact) mass is 254 g/mol. The van der Waals surface area contributed by atoms with Crippen LogP contribution in [0.5, 0.6) is 0 Å². The first kappa shape index (κ1) is 14.5. The minimum Gasteiger partial charge on any atom is -0.396 e. The van der Waals surface area contributed by atoms with E-state index in [0.29, 0.717) is 5.92 Å². The summed E-state index contributed by atoms with van der Waals surface area (Å²) in [6.07, 6.45) is 2.75. The Morgan fingerprint density at radius 2 is 2.24 bits per heavy atom. The third-order valence-corrected chi connectivity index (χ3v) is 3.26. The minimum atomic E-state index is 0.254. The molecule has 0 aromatic carbocycles. The Morgan fingerprint density at radius 3 is 2.82 bits per heavy atom. The lowest BCUT2D eigenvalue weighted by Gasteiger charge is -2.07. The number of nitrogens with zero attached hydrogens (tertiary/aromatic N) is 1. The molecule has 17 heavy (non-hydrogen) atoms. The summed E-state index contributed by atoms with van der Waals surface area (Å²) in [5, 5.41) is 13.1. The third kappa shape index (κ3) is 6.66. The summed E-state index contributed by atoms with van der Waals surface area (Å²) in [7, 11) is 0. The van der Waals surface area contributed by atoms with E-state index in [9.17, 15) is 0 Å². The van der Waals surface area contributed by atoms with Crippen LogP contribution in [0.1, 0.15) is 25.8 Å². The molecule has 96 valence electrons. The van der Waals surface area contributed by atoms with Crippen molar-refractivity contribution in [1.29, 1.82) is 0 Å². The van der Waals surface area contributed by atoms with Crippen molar-refractivity contribution >= 4 is 11.8 Å². The molecule has 0 fully saturated rings. The second kappa shape index (κ2) is 8.50. The number of nitrogens with one attached hydrogen (secondary N) is 1. The van der Waals surface area contributed by atoms with Crippen LogP contribution in [0.2, 0.25) is 0 Å². The fraction of sp³-hybridized carbons (Fsp3) is 0.615. The van der Waals surface area contributed by atoms with E-state index in [0.717, 1.165) is 30.3 Å². The molecule has 0 saturated heterocycles. The van der Waals surface area contributed by atoms with Gasteiger partial charge in [0, 0.05) is 25.1 Å². The molecule has 3 nitrogen and oxygen atoms in total. The number of rotatable bonds is 8. The standard InChI is InChI=1S/C13H22N2OS/c1-11(2)8-14-9-12-4-5-13(15-10-12)17-7-3-6-16/h4-5,10-11,14,16H,3,6-9H2,1-2H3. The highest BCUT2D eigenvalue weighted by Gasteiger charge is 1.98. The molecule has 1 aromatic rings. The van der Waals surface area contributed by atoms with Crippen molar-refractivity contribution in [3.05, 3.63) is 23.9 Å². The van der Waals surface area contributed by atoms with Gasteiger partial charge >= 0.3 is 0 Å². The van der Waals surface area contributed by atoms with E-state index in [1.54, 1.807) is 11.8 Å². The second-order valence-electron chi connectivity index (χ2n) is 4.46. The van der Waals surface area contributed by atoms with Gasteiger partial charge in [0.05, 0.1) is 5.03 Å². The molecule has 0 radical (unpaired) electrons. The van der Waals surface area contributed by atoms with E-state index in [-0.39, 0.29) is 6.61 Å². The smallest absolute Gasteiger partial charge is 0.0960 e. The van der Waals surface area contributed by atoms with Crippen molar-refractivity contribution in [2.24, 2.45) is 5.92 Å². The first-order valence-corrected chi connectivity index (χ1v) is 7.10. The molecule has 0 spiro atoms. The highest BCUT2D eigenvalue weighted by Crippen LogP contribution is 2.15. The van der Waals surface area contributed by atoms with Crippen molar-refractivity contribution in [2.75, 3.05) is 18.9 Å². The quantitative estimate of drug-likeness (QED) is 0.552. The van der Waals surface area contributed by atoms with Gasteiger partial charge in [-0.1, -0.05) is 19.9 Å². The molecule has 0 aliphatic carbocycles. The van der Waals surface area contributed by atoms with Gasteiger partial charge in [-0.05, 0) is 30.5 Å². The van der Waals surface area contributed by atoms with Gasteiger partial charge in [0.15, 0.2) is 0 Å². The average molecular weight is 254 g/mol. The Balaban J connectivity index is 2.29. The lowest BCUT2D eigenvalue weighted by Crippen LogP contribution is -2.18. The van der Waals surface area contributed by atoms with Crippen LogP contribution >= 0.6 is 11.8 Å². The number of aromatic nitrogens is 1. The molecule has 0 saturated carbocycles.